The lowest BCUT2D eigenvalue weighted by Gasteiger charge is -2.38. The lowest BCUT2D eigenvalue weighted by atomic mass is 9.84. The molecule has 0 aliphatic carbocycles. The number of likely N-dealkylation sites (tertiary alicyclic amines) is 1. The van der Waals surface area contributed by atoms with Gasteiger partial charge in [-0.2, -0.15) is 10.4 Å². The molecule has 0 saturated carbocycles. The van der Waals surface area contributed by atoms with Crippen molar-refractivity contribution >= 4 is 11.8 Å². The van der Waals surface area contributed by atoms with Crippen LogP contribution in [0.2, 0.25) is 0 Å². The van der Waals surface area contributed by atoms with Crippen molar-refractivity contribution in [2.45, 2.75) is 65.6 Å². The number of aromatic amines is 1. The Labute approximate surface area is 232 Å². The minimum atomic E-state index is -0.909. The van der Waals surface area contributed by atoms with E-state index in [9.17, 15) is 24.0 Å². The van der Waals surface area contributed by atoms with E-state index in [1.165, 1.54) is 18.2 Å². The van der Waals surface area contributed by atoms with Crippen LogP contribution in [0.15, 0.2) is 53.3 Å². The Morgan fingerprint density at radius 2 is 1.93 bits per heavy atom. The minimum Gasteiger partial charge on any atom is -0.451 e. The Morgan fingerprint density at radius 1 is 1.18 bits per heavy atom. The van der Waals surface area contributed by atoms with Crippen molar-refractivity contribution in [1.82, 2.24) is 20.4 Å². The molecule has 1 fully saturated rings. The van der Waals surface area contributed by atoms with Crippen molar-refractivity contribution in [3.05, 3.63) is 87.1 Å². The van der Waals surface area contributed by atoms with Gasteiger partial charge in [-0.25, -0.2) is 9.49 Å². The van der Waals surface area contributed by atoms with Gasteiger partial charge in [-0.1, -0.05) is 12.1 Å². The summed E-state index contributed by atoms with van der Waals surface area (Å²) in [7, 11) is 0. The first-order chi connectivity index (χ1) is 18.9. The molecule has 1 unspecified atom stereocenters. The van der Waals surface area contributed by atoms with Crippen molar-refractivity contribution in [3.63, 3.8) is 0 Å². The highest BCUT2D eigenvalue weighted by atomic mass is 19.1. The number of carbonyl (C=O) groups is 2. The van der Waals surface area contributed by atoms with E-state index in [0.717, 1.165) is 0 Å². The first kappa shape index (κ1) is 28.5. The van der Waals surface area contributed by atoms with Gasteiger partial charge in [0.05, 0.1) is 29.3 Å². The molecule has 1 saturated heterocycles. The van der Waals surface area contributed by atoms with Crippen LogP contribution in [-0.4, -0.2) is 39.0 Å². The molecule has 0 bridgehead atoms. The maximum Gasteiger partial charge on any atom is 0.307 e. The Bertz CT molecular complexity index is 1540. The van der Waals surface area contributed by atoms with E-state index >= 15 is 0 Å². The zero-order valence-electron chi connectivity index (χ0n) is 23.1. The standard InChI is InChI=1S/C30H32FN5O4/c1-17-13-21(9-11-24(17)40-25-14-18(2)34-35-28(25)38)27(37)33-19(3)29(39)36-23(20-7-6-8-22(31)15-20)10-12-26(36)30(4,5)16-32/h6-9,11,13-15,19,23,26H,10,12H2,1-5H3,(H,33,37)(H,35,38)/t19?,23-,26+/m0/s1. The first-order valence-electron chi connectivity index (χ1n) is 13.1. The number of nitrogens with one attached hydrogen (secondary N) is 2. The quantitative estimate of drug-likeness (QED) is 0.442. The Kier molecular flexibility index (Phi) is 8.05. The first-order valence-corrected chi connectivity index (χ1v) is 13.1. The maximum absolute atomic E-state index is 14.0. The average Bonchev–Trinajstić information content (AvgIpc) is 3.37. The molecular weight excluding hydrogens is 513 g/mol. The van der Waals surface area contributed by atoms with Crippen LogP contribution in [0.4, 0.5) is 4.39 Å². The highest BCUT2D eigenvalue weighted by Gasteiger charge is 2.46. The van der Waals surface area contributed by atoms with Gasteiger partial charge < -0.3 is 15.0 Å². The molecule has 3 aromatic rings. The number of hydrogen-bond donors (Lipinski definition) is 2. The zero-order valence-corrected chi connectivity index (χ0v) is 23.1. The van der Waals surface area contributed by atoms with Crippen molar-refractivity contribution < 1.29 is 18.7 Å². The van der Waals surface area contributed by atoms with Crippen LogP contribution >= 0.6 is 0 Å². The summed E-state index contributed by atoms with van der Waals surface area (Å²) in [6.07, 6.45) is 1.15. The molecular formula is C30H32FN5O4. The predicted octanol–water partition coefficient (Wildman–Crippen LogP) is 4.72. The Balaban J connectivity index is 1.53. The van der Waals surface area contributed by atoms with Crippen LogP contribution in [0.3, 0.4) is 0 Å². The Morgan fingerprint density at radius 3 is 2.60 bits per heavy atom. The predicted molar refractivity (Wildman–Crippen MR) is 146 cm³/mol. The molecule has 2 amide bonds. The largest absolute Gasteiger partial charge is 0.451 e. The highest BCUT2D eigenvalue weighted by molar-refractivity contribution is 5.98. The van der Waals surface area contributed by atoms with Crippen molar-refractivity contribution in [3.8, 4) is 17.6 Å². The molecule has 2 N–H and O–H groups in total. The van der Waals surface area contributed by atoms with Crippen molar-refractivity contribution in [1.29, 1.82) is 5.26 Å². The number of nitrogens with zero attached hydrogens (tertiary/aromatic N) is 3. The second-order valence-electron chi connectivity index (χ2n) is 10.7. The van der Waals surface area contributed by atoms with Crippen LogP contribution in [0, 0.1) is 36.4 Å². The average molecular weight is 546 g/mol. The molecule has 1 aromatic heterocycles. The summed E-state index contributed by atoms with van der Waals surface area (Å²) >= 11 is 0. The fraction of sp³-hybridized carbons (Fsp3) is 0.367. The summed E-state index contributed by atoms with van der Waals surface area (Å²) in [5.74, 6) is -0.738. The number of halogens is 1. The second-order valence-corrected chi connectivity index (χ2v) is 10.7. The van der Waals surface area contributed by atoms with E-state index < -0.39 is 40.8 Å². The third-order valence-electron chi connectivity index (χ3n) is 7.27. The van der Waals surface area contributed by atoms with E-state index in [0.29, 0.717) is 41.0 Å². The summed E-state index contributed by atoms with van der Waals surface area (Å²) in [5.41, 5.74) is 0.833. The van der Waals surface area contributed by atoms with Gasteiger partial charge in [-0.15, -0.1) is 0 Å². The Hall–Kier alpha value is -4.52. The van der Waals surface area contributed by atoms with Gasteiger partial charge in [-0.3, -0.25) is 14.4 Å². The highest BCUT2D eigenvalue weighted by Crippen LogP contribution is 2.43. The van der Waals surface area contributed by atoms with Crippen molar-refractivity contribution in [2.75, 3.05) is 0 Å². The number of ether oxygens (including phenoxy) is 1. The number of aryl methyl sites for hydroxylation is 2. The number of carbonyl (C=O) groups excluding carboxylic acids is 2. The van der Waals surface area contributed by atoms with Crippen LogP contribution in [0.25, 0.3) is 0 Å². The molecule has 9 nitrogen and oxygen atoms in total. The lowest BCUT2D eigenvalue weighted by molar-refractivity contribution is -0.137. The molecule has 0 radical (unpaired) electrons. The van der Waals surface area contributed by atoms with Crippen LogP contribution in [-0.2, 0) is 4.79 Å². The number of amides is 2. The van der Waals surface area contributed by atoms with E-state index in [4.69, 9.17) is 4.74 Å². The molecule has 208 valence electrons. The molecule has 10 heteroatoms. The summed E-state index contributed by atoms with van der Waals surface area (Å²) in [6, 6.07) is 12.9. The fourth-order valence-corrected chi connectivity index (χ4v) is 5.09. The van der Waals surface area contributed by atoms with E-state index in [-0.39, 0.29) is 11.7 Å². The van der Waals surface area contributed by atoms with Crippen LogP contribution < -0.4 is 15.6 Å². The molecule has 0 spiro atoms. The lowest BCUT2D eigenvalue weighted by Crippen LogP contribution is -2.52. The molecule has 2 heterocycles. The van der Waals surface area contributed by atoms with Gasteiger partial charge >= 0.3 is 5.56 Å². The monoisotopic (exact) mass is 545 g/mol. The number of benzene rings is 2. The number of rotatable bonds is 7. The van der Waals surface area contributed by atoms with Crippen LogP contribution in [0.5, 0.6) is 11.5 Å². The number of aromatic nitrogens is 2. The molecule has 1 aliphatic heterocycles. The van der Waals surface area contributed by atoms with Gasteiger partial charge in [0.1, 0.15) is 17.6 Å². The third-order valence-corrected chi connectivity index (χ3v) is 7.27. The van der Waals surface area contributed by atoms with E-state index in [2.05, 4.69) is 21.6 Å². The topological polar surface area (TPSA) is 128 Å². The summed E-state index contributed by atoms with van der Waals surface area (Å²) in [6.45, 7) is 8.62. The molecule has 4 rings (SSSR count). The number of hydrogen-bond acceptors (Lipinski definition) is 6. The van der Waals surface area contributed by atoms with Gasteiger partial charge in [0.15, 0.2) is 5.75 Å². The van der Waals surface area contributed by atoms with Gasteiger partial charge in [0, 0.05) is 11.6 Å². The molecule has 3 atom stereocenters. The zero-order chi connectivity index (χ0) is 29.2. The molecule has 40 heavy (non-hydrogen) atoms. The number of nitriles is 1. The fourth-order valence-electron chi connectivity index (χ4n) is 5.09. The van der Waals surface area contributed by atoms with Crippen LogP contribution in [0.1, 0.15) is 66.8 Å². The maximum atomic E-state index is 14.0. The molecule has 2 aromatic carbocycles. The third kappa shape index (κ3) is 5.88. The summed E-state index contributed by atoms with van der Waals surface area (Å²) in [4.78, 5) is 40.6. The van der Waals surface area contributed by atoms with Gasteiger partial charge in [0.2, 0.25) is 5.91 Å². The second kappa shape index (κ2) is 11.3. The van der Waals surface area contributed by atoms with Gasteiger partial charge in [0.25, 0.3) is 5.91 Å². The smallest absolute Gasteiger partial charge is 0.307 e. The number of H-pyrrole nitrogens is 1. The van der Waals surface area contributed by atoms with Gasteiger partial charge in [-0.05, 0) is 88.9 Å². The normalized spacial score (nSPS) is 17.7. The van der Waals surface area contributed by atoms with E-state index in [1.807, 2.05) is 0 Å². The summed E-state index contributed by atoms with van der Waals surface area (Å²) < 4.78 is 19.8. The minimum absolute atomic E-state index is 0.0836. The van der Waals surface area contributed by atoms with E-state index in [1.54, 1.807) is 69.9 Å². The van der Waals surface area contributed by atoms with Crippen molar-refractivity contribution in [2.24, 2.45) is 5.41 Å². The summed E-state index contributed by atoms with van der Waals surface area (Å²) in [5, 5.41) is 18.8. The molecule has 1 aliphatic rings. The SMILES string of the molecule is Cc1cc(Oc2ccc(C(=O)NC(C)C(=O)N3[C@H](c4cccc(F)c4)CC[C@@H]3C(C)(C)C#N)cc2C)c(=O)[nH]n1.